The van der Waals surface area contributed by atoms with E-state index < -0.39 is 5.97 Å². The van der Waals surface area contributed by atoms with Crippen LogP contribution in [0.15, 0.2) is 6.07 Å². The summed E-state index contributed by atoms with van der Waals surface area (Å²) >= 11 is 0. The van der Waals surface area contributed by atoms with Crippen LogP contribution in [-0.2, 0) is 4.74 Å². The number of carbonyl (C=O) groups excluding carboxylic acids is 1. The van der Waals surface area contributed by atoms with Crippen molar-refractivity contribution in [3.63, 3.8) is 0 Å². The predicted molar refractivity (Wildman–Crippen MR) is 70.9 cm³/mol. The van der Waals surface area contributed by atoms with Crippen molar-refractivity contribution in [2.24, 2.45) is 0 Å². The molecule has 0 N–H and O–H groups in total. The van der Waals surface area contributed by atoms with Crippen LogP contribution in [0.4, 0.5) is 5.95 Å². The number of aryl methyl sites for hydroxylation is 1. The van der Waals surface area contributed by atoms with E-state index in [-0.39, 0.29) is 0 Å². The molecule has 0 radical (unpaired) electrons. The third-order valence-electron chi connectivity index (χ3n) is 2.51. The topological polar surface area (TPSA) is 55.3 Å². The van der Waals surface area contributed by atoms with E-state index in [2.05, 4.69) is 28.7 Å². The van der Waals surface area contributed by atoms with Crippen molar-refractivity contribution in [1.29, 1.82) is 0 Å². The van der Waals surface area contributed by atoms with E-state index in [0.717, 1.165) is 31.6 Å². The average Bonchev–Trinajstić information content (AvgIpc) is 2.36. The van der Waals surface area contributed by atoms with Crippen LogP contribution in [-0.4, -0.2) is 36.1 Å². The van der Waals surface area contributed by atoms with Crippen molar-refractivity contribution in [2.45, 2.75) is 33.6 Å². The fourth-order valence-electron chi connectivity index (χ4n) is 1.76. The van der Waals surface area contributed by atoms with E-state index in [0.29, 0.717) is 11.6 Å². The van der Waals surface area contributed by atoms with E-state index in [9.17, 15) is 4.79 Å². The van der Waals surface area contributed by atoms with Crippen LogP contribution < -0.4 is 4.90 Å². The van der Waals surface area contributed by atoms with E-state index >= 15 is 0 Å². The zero-order valence-electron chi connectivity index (χ0n) is 11.6. The minimum absolute atomic E-state index is 0.317. The molecule has 5 nitrogen and oxygen atoms in total. The standard InChI is InChI=1S/C13H21N3O2/c1-5-7-16(8-6-2)13-14-10(3)9-11(15-13)12(17)18-4/h9H,5-8H2,1-4H3. The van der Waals surface area contributed by atoms with Crippen molar-refractivity contribution < 1.29 is 9.53 Å². The van der Waals surface area contributed by atoms with E-state index in [4.69, 9.17) is 4.74 Å². The van der Waals surface area contributed by atoms with Gasteiger partial charge in [0.05, 0.1) is 7.11 Å². The predicted octanol–water partition coefficient (Wildman–Crippen LogP) is 2.20. The second-order valence-electron chi connectivity index (χ2n) is 4.17. The van der Waals surface area contributed by atoms with Gasteiger partial charge >= 0.3 is 5.97 Å². The number of hydrogen-bond acceptors (Lipinski definition) is 5. The second kappa shape index (κ2) is 6.93. The molecule has 0 aliphatic rings. The lowest BCUT2D eigenvalue weighted by Crippen LogP contribution is -2.27. The number of ether oxygens (including phenoxy) is 1. The summed E-state index contributed by atoms with van der Waals surface area (Å²) < 4.78 is 4.70. The molecule has 0 saturated heterocycles. The van der Waals surface area contributed by atoms with Crippen LogP contribution in [0.5, 0.6) is 0 Å². The van der Waals surface area contributed by atoms with Gasteiger partial charge in [0.25, 0.3) is 0 Å². The number of hydrogen-bond donors (Lipinski definition) is 0. The molecule has 0 fully saturated rings. The van der Waals surface area contributed by atoms with Gasteiger partial charge in [-0.3, -0.25) is 0 Å². The van der Waals surface area contributed by atoms with Gasteiger partial charge < -0.3 is 9.64 Å². The normalized spacial score (nSPS) is 10.2. The van der Waals surface area contributed by atoms with Gasteiger partial charge in [-0.05, 0) is 25.8 Å². The maximum atomic E-state index is 11.5. The molecule has 0 atom stereocenters. The Morgan fingerprint density at radius 1 is 1.28 bits per heavy atom. The van der Waals surface area contributed by atoms with E-state index in [1.54, 1.807) is 6.07 Å². The molecule has 1 aromatic heterocycles. The van der Waals surface area contributed by atoms with Crippen LogP contribution in [0.2, 0.25) is 0 Å². The SMILES string of the molecule is CCCN(CCC)c1nc(C)cc(C(=O)OC)n1. The Labute approximate surface area is 108 Å². The molecule has 18 heavy (non-hydrogen) atoms. The highest BCUT2D eigenvalue weighted by molar-refractivity contribution is 5.87. The Morgan fingerprint density at radius 3 is 2.39 bits per heavy atom. The summed E-state index contributed by atoms with van der Waals surface area (Å²) in [6.07, 6.45) is 2.04. The Kier molecular flexibility index (Phi) is 5.55. The zero-order valence-corrected chi connectivity index (χ0v) is 11.6. The van der Waals surface area contributed by atoms with E-state index in [1.165, 1.54) is 7.11 Å². The first kappa shape index (κ1) is 14.4. The van der Waals surface area contributed by atoms with Crippen LogP contribution in [0.1, 0.15) is 42.9 Å². The van der Waals surface area contributed by atoms with Crippen molar-refractivity contribution >= 4 is 11.9 Å². The lowest BCUT2D eigenvalue weighted by Gasteiger charge is -2.21. The third-order valence-corrected chi connectivity index (χ3v) is 2.51. The fraction of sp³-hybridized carbons (Fsp3) is 0.615. The highest BCUT2D eigenvalue weighted by atomic mass is 16.5. The maximum Gasteiger partial charge on any atom is 0.356 e. The zero-order chi connectivity index (χ0) is 13.5. The first-order valence-electron chi connectivity index (χ1n) is 6.31. The number of methoxy groups -OCH3 is 1. The van der Waals surface area contributed by atoms with Gasteiger partial charge in [-0.2, -0.15) is 0 Å². The number of esters is 1. The summed E-state index contributed by atoms with van der Waals surface area (Å²) in [5, 5.41) is 0. The van der Waals surface area contributed by atoms with Crippen LogP contribution in [0.3, 0.4) is 0 Å². The molecule has 0 aromatic carbocycles. The van der Waals surface area contributed by atoms with Crippen molar-refractivity contribution in [3.8, 4) is 0 Å². The Bertz CT molecular complexity index is 401. The van der Waals surface area contributed by atoms with Gasteiger partial charge in [0.1, 0.15) is 0 Å². The molecule has 1 rings (SSSR count). The minimum Gasteiger partial charge on any atom is -0.464 e. The summed E-state index contributed by atoms with van der Waals surface area (Å²) in [4.78, 5) is 22.3. The molecule has 100 valence electrons. The first-order chi connectivity index (χ1) is 8.62. The molecule has 0 spiro atoms. The highest BCUT2D eigenvalue weighted by Crippen LogP contribution is 2.12. The monoisotopic (exact) mass is 251 g/mol. The van der Waals surface area contributed by atoms with Gasteiger partial charge in [-0.15, -0.1) is 0 Å². The fourth-order valence-corrected chi connectivity index (χ4v) is 1.76. The number of aromatic nitrogens is 2. The molecule has 5 heteroatoms. The maximum absolute atomic E-state index is 11.5. The third kappa shape index (κ3) is 3.68. The molecule has 0 amide bonds. The molecule has 1 aromatic rings. The lowest BCUT2D eigenvalue weighted by atomic mass is 10.3. The van der Waals surface area contributed by atoms with Gasteiger partial charge in [0.2, 0.25) is 5.95 Å². The molecule has 1 heterocycles. The summed E-state index contributed by atoms with van der Waals surface area (Å²) in [6, 6.07) is 1.64. The van der Waals surface area contributed by atoms with Crippen molar-refractivity contribution in [3.05, 3.63) is 17.5 Å². The molecule has 0 bridgehead atoms. The number of anilines is 1. The smallest absolute Gasteiger partial charge is 0.356 e. The molecular weight excluding hydrogens is 230 g/mol. The Hall–Kier alpha value is -1.65. The molecule has 0 unspecified atom stereocenters. The van der Waals surface area contributed by atoms with E-state index in [1.807, 2.05) is 6.92 Å². The molecular formula is C13H21N3O2. The summed E-state index contributed by atoms with van der Waals surface area (Å²) in [5.74, 6) is 0.189. The highest BCUT2D eigenvalue weighted by Gasteiger charge is 2.14. The summed E-state index contributed by atoms with van der Waals surface area (Å²) in [7, 11) is 1.36. The van der Waals surface area contributed by atoms with Crippen LogP contribution >= 0.6 is 0 Å². The lowest BCUT2D eigenvalue weighted by molar-refractivity contribution is 0.0593. The Balaban J connectivity index is 3.05. The molecule has 0 aliphatic carbocycles. The first-order valence-corrected chi connectivity index (χ1v) is 6.31. The number of carbonyl (C=O) groups is 1. The van der Waals surface area contributed by atoms with Gasteiger partial charge in [0.15, 0.2) is 5.69 Å². The molecule has 0 saturated carbocycles. The Morgan fingerprint density at radius 2 is 1.89 bits per heavy atom. The van der Waals surface area contributed by atoms with Crippen LogP contribution in [0.25, 0.3) is 0 Å². The number of rotatable bonds is 6. The summed E-state index contributed by atoms with van der Waals surface area (Å²) in [5.41, 5.74) is 1.09. The quantitative estimate of drug-likeness (QED) is 0.725. The van der Waals surface area contributed by atoms with Crippen molar-refractivity contribution in [2.75, 3.05) is 25.1 Å². The largest absolute Gasteiger partial charge is 0.464 e. The van der Waals surface area contributed by atoms with Crippen molar-refractivity contribution in [1.82, 2.24) is 9.97 Å². The van der Waals surface area contributed by atoms with Gasteiger partial charge in [0, 0.05) is 18.8 Å². The van der Waals surface area contributed by atoms with Crippen LogP contribution in [0, 0.1) is 6.92 Å². The average molecular weight is 251 g/mol. The second-order valence-corrected chi connectivity index (χ2v) is 4.17. The number of nitrogens with zero attached hydrogens (tertiary/aromatic N) is 3. The minimum atomic E-state index is -0.422. The summed E-state index contributed by atoms with van der Waals surface area (Å²) in [6.45, 7) is 7.85. The van der Waals surface area contributed by atoms with Gasteiger partial charge in [-0.1, -0.05) is 13.8 Å². The van der Waals surface area contributed by atoms with Gasteiger partial charge in [-0.25, -0.2) is 14.8 Å². The molecule has 0 aliphatic heterocycles.